The van der Waals surface area contributed by atoms with Crippen molar-refractivity contribution in [3.8, 4) is 62.1 Å². The maximum atomic E-state index is 5.24. The van der Waals surface area contributed by atoms with Crippen molar-refractivity contribution in [1.82, 2.24) is 33.6 Å². The van der Waals surface area contributed by atoms with E-state index in [0.29, 0.717) is 5.82 Å². The summed E-state index contributed by atoms with van der Waals surface area (Å²) in [7, 11) is 0. The standard InChI is InChI=1S/C62H39N7/c1-4-15-40(16-5-1)53-37-60(66-62(65-53)41-17-6-2-7-18-41)69-55-26-13-11-24-49(55)51-34-44(28-31-56(51)69)42-19-14-20-43(33-42)45-27-30-50-48-23-10-12-25-54(48)68(58(50)35-45)47-29-32-57-52(36-47)61-59(38-63-39-64-61)67(57)46-21-8-3-9-22-46/h1-39H. The summed E-state index contributed by atoms with van der Waals surface area (Å²) in [5.74, 6) is 1.51. The molecule has 14 rings (SSSR count). The van der Waals surface area contributed by atoms with Crippen LogP contribution < -0.4 is 0 Å². The lowest BCUT2D eigenvalue weighted by atomic mass is 9.97. The first-order valence-electron chi connectivity index (χ1n) is 23.2. The van der Waals surface area contributed by atoms with Crippen molar-refractivity contribution >= 4 is 65.5 Å². The molecule has 7 nitrogen and oxygen atoms in total. The summed E-state index contributed by atoms with van der Waals surface area (Å²) in [5.41, 5.74) is 17.1. The van der Waals surface area contributed by atoms with E-state index in [0.717, 1.165) is 106 Å². The van der Waals surface area contributed by atoms with E-state index in [4.69, 9.17) is 15.0 Å². The van der Waals surface area contributed by atoms with Crippen molar-refractivity contribution in [2.75, 3.05) is 0 Å². The molecule has 69 heavy (non-hydrogen) atoms. The maximum absolute atomic E-state index is 5.24. The van der Waals surface area contributed by atoms with Gasteiger partial charge in [-0.25, -0.2) is 19.9 Å². The summed E-state index contributed by atoms with van der Waals surface area (Å²) in [6, 6.07) is 79.8. The molecule has 5 aromatic heterocycles. The van der Waals surface area contributed by atoms with Gasteiger partial charge >= 0.3 is 0 Å². The highest BCUT2D eigenvalue weighted by molar-refractivity contribution is 6.13. The minimum absolute atomic E-state index is 0.688. The highest BCUT2D eigenvalue weighted by Gasteiger charge is 2.20. The second-order valence-electron chi connectivity index (χ2n) is 17.5. The van der Waals surface area contributed by atoms with Gasteiger partial charge in [-0.2, -0.15) is 0 Å². The fourth-order valence-electron chi connectivity index (χ4n) is 10.5. The summed E-state index contributed by atoms with van der Waals surface area (Å²) >= 11 is 0. The fourth-order valence-corrected chi connectivity index (χ4v) is 10.5. The zero-order chi connectivity index (χ0) is 45.4. The average molecular weight is 882 g/mol. The second kappa shape index (κ2) is 15.6. The van der Waals surface area contributed by atoms with E-state index in [9.17, 15) is 0 Å². The molecule has 0 N–H and O–H groups in total. The van der Waals surface area contributed by atoms with E-state index in [1.54, 1.807) is 6.33 Å². The molecule has 0 aliphatic heterocycles. The third-order valence-corrected chi connectivity index (χ3v) is 13.6. The lowest BCUT2D eigenvalue weighted by Gasteiger charge is -2.12. The topological polar surface area (TPSA) is 66.3 Å². The third-order valence-electron chi connectivity index (χ3n) is 13.6. The Morgan fingerprint density at radius 2 is 0.870 bits per heavy atom. The summed E-state index contributed by atoms with van der Waals surface area (Å²) < 4.78 is 6.94. The molecule has 14 aromatic rings. The number of para-hydroxylation sites is 3. The number of benzene rings is 9. The van der Waals surface area contributed by atoms with Gasteiger partial charge in [-0.3, -0.25) is 4.57 Å². The molecule has 0 saturated carbocycles. The van der Waals surface area contributed by atoms with E-state index in [2.05, 4.69) is 213 Å². The maximum Gasteiger partial charge on any atom is 0.162 e. The molecule has 0 fully saturated rings. The minimum Gasteiger partial charge on any atom is -0.309 e. The van der Waals surface area contributed by atoms with Crippen LogP contribution in [-0.2, 0) is 0 Å². The Morgan fingerprint density at radius 3 is 1.65 bits per heavy atom. The van der Waals surface area contributed by atoms with Crippen molar-refractivity contribution in [3.05, 3.63) is 237 Å². The molecule has 0 aliphatic carbocycles. The molecule has 0 bridgehead atoms. The van der Waals surface area contributed by atoms with Crippen molar-refractivity contribution in [2.45, 2.75) is 0 Å². The first-order valence-corrected chi connectivity index (χ1v) is 23.2. The molecule has 5 heterocycles. The number of nitrogens with zero attached hydrogens (tertiary/aromatic N) is 7. The Morgan fingerprint density at radius 1 is 0.304 bits per heavy atom. The van der Waals surface area contributed by atoms with Gasteiger partial charge in [-0.15, -0.1) is 0 Å². The van der Waals surface area contributed by atoms with Crippen LogP contribution in [0.5, 0.6) is 0 Å². The first-order chi connectivity index (χ1) is 34.2. The number of aromatic nitrogens is 7. The Balaban J connectivity index is 0.890. The van der Waals surface area contributed by atoms with Crippen LogP contribution in [0, 0.1) is 0 Å². The SMILES string of the molecule is c1ccc(-c2cc(-n3c4ccccc4c4cc(-c5cccc(-c6ccc7c8ccccc8n(-c8ccc9c(c8)c8ncncc8n9-c8ccccc8)c7c6)c5)ccc43)nc(-c3ccccc3)n2)cc1. The van der Waals surface area contributed by atoms with E-state index >= 15 is 0 Å². The van der Waals surface area contributed by atoms with Crippen LogP contribution in [0.4, 0.5) is 0 Å². The van der Waals surface area contributed by atoms with Gasteiger partial charge < -0.3 is 9.13 Å². The predicted octanol–water partition coefficient (Wildman–Crippen LogP) is 15.2. The number of hydrogen-bond donors (Lipinski definition) is 0. The normalized spacial score (nSPS) is 11.8. The van der Waals surface area contributed by atoms with Crippen molar-refractivity contribution < 1.29 is 0 Å². The lowest BCUT2D eigenvalue weighted by molar-refractivity contribution is 1.05. The molecule has 322 valence electrons. The molecule has 0 spiro atoms. The largest absolute Gasteiger partial charge is 0.309 e. The van der Waals surface area contributed by atoms with Crippen LogP contribution in [0.1, 0.15) is 0 Å². The van der Waals surface area contributed by atoms with Gasteiger partial charge in [0.2, 0.25) is 0 Å². The Hall–Kier alpha value is -9.46. The molecule has 0 unspecified atom stereocenters. The number of fused-ring (bicyclic) bond motifs is 9. The van der Waals surface area contributed by atoms with Crippen LogP contribution in [0.2, 0.25) is 0 Å². The smallest absolute Gasteiger partial charge is 0.162 e. The van der Waals surface area contributed by atoms with Crippen LogP contribution in [-0.4, -0.2) is 33.6 Å². The quantitative estimate of drug-likeness (QED) is 0.160. The summed E-state index contributed by atoms with van der Waals surface area (Å²) in [4.78, 5) is 19.6. The molecule has 0 amide bonds. The lowest BCUT2D eigenvalue weighted by Crippen LogP contribution is -2.02. The molecule has 7 heteroatoms. The molecular formula is C62H39N7. The monoisotopic (exact) mass is 881 g/mol. The third kappa shape index (κ3) is 6.29. The van der Waals surface area contributed by atoms with Gasteiger partial charge in [0.1, 0.15) is 12.1 Å². The van der Waals surface area contributed by atoms with Gasteiger partial charge in [0, 0.05) is 55.5 Å². The number of rotatable bonds is 7. The molecule has 0 atom stereocenters. The van der Waals surface area contributed by atoms with Crippen molar-refractivity contribution in [2.24, 2.45) is 0 Å². The number of hydrogen-bond acceptors (Lipinski definition) is 4. The van der Waals surface area contributed by atoms with Gasteiger partial charge in [0.15, 0.2) is 5.82 Å². The van der Waals surface area contributed by atoms with Crippen molar-refractivity contribution in [3.63, 3.8) is 0 Å². The molecule has 0 aliphatic rings. The van der Waals surface area contributed by atoms with Gasteiger partial charge in [0.05, 0.1) is 50.5 Å². The average Bonchev–Trinajstić information content (AvgIpc) is 4.06. The van der Waals surface area contributed by atoms with Gasteiger partial charge in [-0.05, 0) is 89.0 Å². The molecule has 0 radical (unpaired) electrons. The first kappa shape index (κ1) is 38.8. The van der Waals surface area contributed by atoms with Crippen LogP contribution in [0.15, 0.2) is 237 Å². The highest BCUT2D eigenvalue weighted by atomic mass is 15.1. The zero-order valence-corrected chi connectivity index (χ0v) is 37.1. The van der Waals surface area contributed by atoms with E-state index in [-0.39, 0.29) is 0 Å². The van der Waals surface area contributed by atoms with Gasteiger partial charge in [0.25, 0.3) is 0 Å². The molecular weight excluding hydrogens is 843 g/mol. The zero-order valence-electron chi connectivity index (χ0n) is 37.1. The summed E-state index contributed by atoms with van der Waals surface area (Å²) in [6.45, 7) is 0. The van der Waals surface area contributed by atoms with Crippen LogP contribution in [0.25, 0.3) is 128 Å². The van der Waals surface area contributed by atoms with Crippen molar-refractivity contribution in [1.29, 1.82) is 0 Å². The summed E-state index contributed by atoms with van der Waals surface area (Å²) in [5, 5.41) is 5.83. The Bertz CT molecular complexity index is 4240. The predicted molar refractivity (Wildman–Crippen MR) is 282 cm³/mol. The van der Waals surface area contributed by atoms with E-state index in [1.807, 2.05) is 36.5 Å². The Labute approximate surface area is 396 Å². The fraction of sp³-hybridized carbons (Fsp3) is 0. The highest BCUT2D eigenvalue weighted by Crippen LogP contribution is 2.40. The second-order valence-corrected chi connectivity index (χ2v) is 17.5. The summed E-state index contributed by atoms with van der Waals surface area (Å²) in [6.07, 6.45) is 3.55. The Kier molecular flexibility index (Phi) is 8.75. The molecule has 9 aromatic carbocycles. The van der Waals surface area contributed by atoms with Gasteiger partial charge in [-0.1, -0.05) is 152 Å². The minimum atomic E-state index is 0.688. The van der Waals surface area contributed by atoms with Crippen LogP contribution >= 0.6 is 0 Å². The van der Waals surface area contributed by atoms with E-state index < -0.39 is 0 Å². The molecule has 0 saturated heterocycles. The van der Waals surface area contributed by atoms with E-state index in [1.165, 1.54) is 16.2 Å². The van der Waals surface area contributed by atoms with Crippen LogP contribution in [0.3, 0.4) is 0 Å².